The fourth-order valence-electron chi connectivity index (χ4n) is 1.48. The summed E-state index contributed by atoms with van der Waals surface area (Å²) in [6, 6.07) is 3.71. The Hall–Kier alpha value is -1.36. The number of fused-ring (bicyclic) bond motifs is 1. The van der Waals surface area contributed by atoms with E-state index in [1.807, 2.05) is 32.9 Å². The predicted octanol–water partition coefficient (Wildman–Crippen LogP) is 3.58. The van der Waals surface area contributed by atoms with Crippen molar-refractivity contribution in [1.29, 1.82) is 0 Å². The quantitative estimate of drug-likeness (QED) is 0.698. The molecule has 0 unspecified atom stereocenters. The van der Waals surface area contributed by atoms with Crippen LogP contribution in [-0.4, -0.2) is 21.2 Å². The molecule has 90 valence electrons. The fraction of sp³-hybridized carbons (Fsp3) is 0.333. The minimum absolute atomic E-state index is 0.392. The second-order valence-corrected chi connectivity index (χ2v) is 5.54. The lowest BCUT2D eigenvalue weighted by Gasteiger charge is -2.19. The van der Waals surface area contributed by atoms with Gasteiger partial charge >= 0.3 is 6.09 Å². The Morgan fingerprint density at radius 3 is 2.82 bits per heavy atom. The minimum Gasteiger partial charge on any atom is -0.443 e. The number of pyridine rings is 1. The van der Waals surface area contributed by atoms with Crippen LogP contribution >= 0.6 is 15.9 Å². The Labute approximate surface area is 108 Å². The summed E-state index contributed by atoms with van der Waals surface area (Å²) in [5, 5.41) is 0.942. The van der Waals surface area contributed by atoms with Crippen molar-refractivity contribution in [2.24, 2.45) is 0 Å². The zero-order valence-electron chi connectivity index (χ0n) is 9.90. The van der Waals surface area contributed by atoms with Crippen molar-refractivity contribution >= 4 is 32.9 Å². The van der Waals surface area contributed by atoms with Gasteiger partial charge in [-0.2, -0.15) is 0 Å². The maximum absolute atomic E-state index is 11.9. The molecule has 0 aliphatic carbocycles. The van der Waals surface area contributed by atoms with Crippen LogP contribution in [0.25, 0.3) is 10.9 Å². The van der Waals surface area contributed by atoms with Crippen LogP contribution in [0.5, 0.6) is 0 Å². The van der Waals surface area contributed by atoms with E-state index in [1.54, 1.807) is 12.4 Å². The van der Waals surface area contributed by atoms with Crippen LogP contribution in [0.4, 0.5) is 4.79 Å². The van der Waals surface area contributed by atoms with Crippen LogP contribution in [0.2, 0.25) is 0 Å². The van der Waals surface area contributed by atoms with E-state index in [0.717, 1.165) is 15.5 Å². The van der Waals surface area contributed by atoms with Gasteiger partial charge in [0.15, 0.2) is 0 Å². The van der Waals surface area contributed by atoms with Gasteiger partial charge in [0.05, 0.1) is 11.7 Å². The van der Waals surface area contributed by atoms with Crippen molar-refractivity contribution in [2.75, 3.05) is 0 Å². The molecule has 0 atom stereocenters. The maximum atomic E-state index is 11.9. The molecule has 2 heterocycles. The van der Waals surface area contributed by atoms with Crippen molar-refractivity contribution in [1.82, 2.24) is 9.55 Å². The summed E-state index contributed by atoms with van der Waals surface area (Å²) < 4.78 is 7.51. The van der Waals surface area contributed by atoms with Crippen LogP contribution in [0, 0.1) is 0 Å². The normalized spacial score (nSPS) is 11.8. The lowest BCUT2D eigenvalue weighted by molar-refractivity contribution is 0.0544. The van der Waals surface area contributed by atoms with Crippen LogP contribution in [0.1, 0.15) is 20.8 Å². The molecular weight excluding hydrogens is 284 g/mol. The Morgan fingerprint density at radius 1 is 1.47 bits per heavy atom. The molecule has 0 amide bonds. The monoisotopic (exact) mass is 296 g/mol. The number of halogens is 1. The van der Waals surface area contributed by atoms with E-state index in [-0.39, 0.29) is 0 Å². The number of ether oxygens (including phenoxy) is 1. The average molecular weight is 297 g/mol. The highest BCUT2D eigenvalue weighted by atomic mass is 79.9. The first-order chi connectivity index (χ1) is 7.87. The highest BCUT2D eigenvalue weighted by Gasteiger charge is 2.18. The van der Waals surface area contributed by atoms with Crippen molar-refractivity contribution in [3.05, 3.63) is 29.1 Å². The molecule has 0 N–H and O–H groups in total. The molecule has 2 aromatic heterocycles. The van der Waals surface area contributed by atoms with Gasteiger partial charge in [-0.15, -0.1) is 0 Å². The van der Waals surface area contributed by atoms with Gasteiger partial charge in [0.25, 0.3) is 0 Å². The van der Waals surface area contributed by atoms with Crippen molar-refractivity contribution < 1.29 is 9.53 Å². The molecule has 0 spiro atoms. The predicted molar refractivity (Wildman–Crippen MR) is 69.1 cm³/mol. The van der Waals surface area contributed by atoms with Crippen LogP contribution in [-0.2, 0) is 4.74 Å². The van der Waals surface area contributed by atoms with E-state index in [9.17, 15) is 4.79 Å². The smallest absolute Gasteiger partial charge is 0.419 e. The van der Waals surface area contributed by atoms with E-state index >= 15 is 0 Å². The molecule has 2 rings (SSSR count). The van der Waals surface area contributed by atoms with E-state index in [1.165, 1.54) is 4.57 Å². The lowest BCUT2D eigenvalue weighted by Crippen LogP contribution is -2.26. The third-order valence-electron chi connectivity index (χ3n) is 2.13. The zero-order valence-corrected chi connectivity index (χ0v) is 11.5. The van der Waals surface area contributed by atoms with Gasteiger partial charge in [0, 0.05) is 11.6 Å². The van der Waals surface area contributed by atoms with E-state index in [0.29, 0.717) is 0 Å². The fourth-order valence-corrected chi connectivity index (χ4v) is 1.83. The number of aromatic nitrogens is 2. The lowest BCUT2D eigenvalue weighted by atomic mass is 10.2. The molecule has 0 bridgehead atoms. The second-order valence-electron chi connectivity index (χ2n) is 4.73. The molecule has 17 heavy (non-hydrogen) atoms. The first-order valence-electron chi connectivity index (χ1n) is 5.23. The highest BCUT2D eigenvalue weighted by molar-refractivity contribution is 9.10. The number of rotatable bonds is 0. The summed E-state index contributed by atoms with van der Waals surface area (Å²) in [7, 11) is 0. The summed E-state index contributed by atoms with van der Waals surface area (Å²) in [6.07, 6.45) is 2.94. The van der Waals surface area contributed by atoms with Crippen molar-refractivity contribution in [2.45, 2.75) is 26.4 Å². The minimum atomic E-state index is -0.504. The molecule has 0 aliphatic rings. The van der Waals surface area contributed by atoms with Gasteiger partial charge in [0.2, 0.25) is 0 Å². The molecule has 0 aliphatic heterocycles. The van der Waals surface area contributed by atoms with E-state index in [2.05, 4.69) is 20.9 Å². The Kier molecular flexibility index (Phi) is 2.95. The number of carbonyl (C=O) groups excluding carboxylic acids is 1. The van der Waals surface area contributed by atoms with Crippen molar-refractivity contribution in [3.63, 3.8) is 0 Å². The molecular formula is C12H13BrN2O2. The molecule has 4 nitrogen and oxygen atoms in total. The average Bonchev–Trinajstić information content (AvgIpc) is 2.57. The van der Waals surface area contributed by atoms with Crippen LogP contribution < -0.4 is 0 Å². The first-order valence-corrected chi connectivity index (χ1v) is 6.02. The number of carbonyl (C=O) groups is 1. The second kappa shape index (κ2) is 4.14. The Bertz CT molecular complexity index is 569. The third-order valence-corrected chi connectivity index (χ3v) is 2.57. The molecule has 0 saturated carbocycles. The molecule has 0 aromatic carbocycles. The Morgan fingerprint density at radius 2 is 2.18 bits per heavy atom. The van der Waals surface area contributed by atoms with E-state index in [4.69, 9.17) is 4.74 Å². The summed E-state index contributed by atoms with van der Waals surface area (Å²) in [6.45, 7) is 5.52. The van der Waals surface area contributed by atoms with Gasteiger partial charge < -0.3 is 4.74 Å². The summed E-state index contributed by atoms with van der Waals surface area (Å²) in [5.41, 5.74) is 0.235. The topological polar surface area (TPSA) is 44.1 Å². The number of hydrogen-bond donors (Lipinski definition) is 0. The van der Waals surface area contributed by atoms with Crippen LogP contribution in [0.3, 0.4) is 0 Å². The SMILES string of the molecule is CC(C)(C)OC(=O)n1ccc2cc(Br)ncc21. The maximum Gasteiger partial charge on any atom is 0.419 e. The van der Waals surface area contributed by atoms with E-state index < -0.39 is 11.7 Å². The highest BCUT2D eigenvalue weighted by Crippen LogP contribution is 2.20. The summed E-state index contributed by atoms with van der Waals surface area (Å²) in [5.74, 6) is 0. The molecule has 0 fully saturated rings. The zero-order chi connectivity index (χ0) is 12.6. The van der Waals surface area contributed by atoms with Crippen molar-refractivity contribution in [3.8, 4) is 0 Å². The van der Waals surface area contributed by atoms with Gasteiger partial charge in [-0.1, -0.05) is 0 Å². The molecule has 5 heteroatoms. The Balaban J connectivity index is 2.40. The standard InChI is InChI=1S/C12H13BrN2O2/c1-12(2,3)17-11(16)15-5-4-8-6-10(13)14-7-9(8)15/h4-7H,1-3H3. The number of nitrogens with zero attached hydrogens (tertiary/aromatic N) is 2. The largest absolute Gasteiger partial charge is 0.443 e. The van der Waals surface area contributed by atoms with Gasteiger partial charge in [0.1, 0.15) is 10.2 Å². The number of hydrogen-bond acceptors (Lipinski definition) is 3. The van der Waals surface area contributed by atoms with Gasteiger partial charge in [-0.3, -0.25) is 4.57 Å². The third kappa shape index (κ3) is 2.66. The summed E-state index contributed by atoms with van der Waals surface area (Å²) in [4.78, 5) is 16.0. The molecule has 2 aromatic rings. The summed E-state index contributed by atoms with van der Waals surface area (Å²) >= 11 is 3.29. The molecule has 0 radical (unpaired) electrons. The van der Waals surface area contributed by atoms with Gasteiger partial charge in [-0.05, 0) is 48.8 Å². The first kappa shape index (κ1) is 12.1. The molecule has 0 saturated heterocycles. The van der Waals surface area contributed by atoms with Gasteiger partial charge in [-0.25, -0.2) is 9.78 Å². The van der Waals surface area contributed by atoms with Crippen LogP contribution in [0.15, 0.2) is 29.1 Å².